The van der Waals surface area contributed by atoms with Crippen LogP contribution in [0.25, 0.3) is 0 Å². The van der Waals surface area contributed by atoms with Gasteiger partial charge < -0.3 is 9.84 Å². The highest BCUT2D eigenvalue weighted by atomic mass is 79.9. The fourth-order valence-corrected chi connectivity index (χ4v) is 3.41. The van der Waals surface area contributed by atoms with Crippen molar-refractivity contribution in [2.24, 2.45) is 0 Å². The van der Waals surface area contributed by atoms with Crippen molar-refractivity contribution in [1.82, 2.24) is 0 Å². The lowest BCUT2D eigenvalue weighted by molar-refractivity contribution is -0.185. The number of rotatable bonds is 4. The van der Waals surface area contributed by atoms with E-state index < -0.39 is 11.4 Å². The predicted molar refractivity (Wildman–Crippen MR) is 82.2 cm³/mol. The number of ether oxygens (including phenoxy) is 1. The first-order chi connectivity index (χ1) is 10.1. The minimum Gasteiger partial charge on any atom is -0.382 e. The molecular formula is C17H16BrFO2. The summed E-state index contributed by atoms with van der Waals surface area (Å²) in [5.41, 5.74) is 0.0903. The molecule has 2 aromatic rings. The fourth-order valence-electron chi connectivity index (χ4n) is 2.73. The lowest BCUT2D eigenvalue weighted by Crippen LogP contribution is -2.51. The maximum atomic E-state index is 14.1. The molecule has 0 radical (unpaired) electrons. The molecule has 0 aromatic heterocycles. The lowest BCUT2D eigenvalue weighted by Gasteiger charge is -2.45. The second-order valence-electron chi connectivity index (χ2n) is 5.34. The molecule has 0 aliphatic heterocycles. The van der Waals surface area contributed by atoms with Crippen LogP contribution in [0.4, 0.5) is 4.39 Å². The van der Waals surface area contributed by atoms with Gasteiger partial charge in [0, 0.05) is 10.0 Å². The monoisotopic (exact) mass is 350 g/mol. The molecule has 2 aromatic carbocycles. The van der Waals surface area contributed by atoms with Gasteiger partial charge in [-0.25, -0.2) is 4.39 Å². The Kier molecular flexibility index (Phi) is 4.11. The van der Waals surface area contributed by atoms with E-state index in [1.54, 1.807) is 12.1 Å². The average Bonchev–Trinajstić information content (AvgIpc) is 2.47. The Morgan fingerprint density at radius 3 is 2.57 bits per heavy atom. The van der Waals surface area contributed by atoms with E-state index in [-0.39, 0.29) is 6.10 Å². The van der Waals surface area contributed by atoms with E-state index in [0.29, 0.717) is 23.1 Å². The van der Waals surface area contributed by atoms with Crippen LogP contribution in [0.15, 0.2) is 53.0 Å². The summed E-state index contributed by atoms with van der Waals surface area (Å²) in [7, 11) is 0. The van der Waals surface area contributed by atoms with Gasteiger partial charge in [-0.2, -0.15) is 0 Å². The van der Waals surface area contributed by atoms with E-state index in [9.17, 15) is 9.50 Å². The van der Waals surface area contributed by atoms with Crippen LogP contribution in [-0.4, -0.2) is 11.2 Å². The van der Waals surface area contributed by atoms with Gasteiger partial charge in [0.2, 0.25) is 0 Å². The van der Waals surface area contributed by atoms with E-state index in [1.807, 2.05) is 30.3 Å². The maximum absolute atomic E-state index is 14.1. The number of aliphatic hydroxyl groups is 1. The molecule has 0 spiro atoms. The van der Waals surface area contributed by atoms with Gasteiger partial charge in [0.25, 0.3) is 0 Å². The summed E-state index contributed by atoms with van der Waals surface area (Å²) in [5.74, 6) is -0.403. The minimum absolute atomic E-state index is 0.300. The van der Waals surface area contributed by atoms with Crippen LogP contribution in [0.5, 0.6) is 0 Å². The molecule has 2 unspecified atom stereocenters. The molecule has 1 aliphatic carbocycles. The van der Waals surface area contributed by atoms with Crippen LogP contribution < -0.4 is 0 Å². The molecule has 1 aliphatic rings. The van der Waals surface area contributed by atoms with Crippen molar-refractivity contribution in [2.45, 2.75) is 31.2 Å². The van der Waals surface area contributed by atoms with Crippen molar-refractivity contribution >= 4 is 15.9 Å². The number of benzene rings is 2. The number of hydrogen-bond acceptors (Lipinski definition) is 2. The van der Waals surface area contributed by atoms with E-state index >= 15 is 0 Å². The Hall–Kier alpha value is -1.23. The summed E-state index contributed by atoms with van der Waals surface area (Å²) < 4.78 is 20.4. The highest BCUT2D eigenvalue weighted by Gasteiger charge is 2.50. The highest BCUT2D eigenvalue weighted by Crippen LogP contribution is 2.47. The normalized spacial score (nSPS) is 24.6. The Morgan fingerprint density at radius 2 is 1.95 bits per heavy atom. The summed E-state index contributed by atoms with van der Waals surface area (Å²) >= 11 is 3.33. The summed E-state index contributed by atoms with van der Waals surface area (Å²) in [6, 6.07) is 14.5. The number of halogens is 2. The van der Waals surface area contributed by atoms with Gasteiger partial charge in [-0.3, -0.25) is 0 Å². The third kappa shape index (κ3) is 2.76. The third-order valence-electron chi connectivity index (χ3n) is 4.01. The van der Waals surface area contributed by atoms with E-state index in [1.165, 1.54) is 6.07 Å². The van der Waals surface area contributed by atoms with Crippen molar-refractivity contribution in [3.05, 3.63) is 69.9 Å². The molecule has 1 N–H and O–H groups in total. The van der Waals surface area contributed by atoms with Crippen LogP contribution in [0.1, 0.15) is 24.0 Å². The van der Waals surface area contributed by atoms with E-state index in [0.717, 1.165) is 12.0 Å². The van der Waals surface area contributed by atoms with Crippen molar-refractivity contribution < 1.29 is 14.2 Å². The van der Waals surface area contributed by atoms with Crippen LogP contribution >= 0.6 is 15.9 Å². The van der Waals surface area contributed by atoms with E-state index in [4.69, 9.17) is 4.74 Å². The van der Waals surface area contributed by atoms with Crippen molar-refractivity contribution in [2.75, 3.05) is 0 Å². The predicted octanol–water partition coefficient (Wildman–Crippen LogP) is 4.16. The van der Waals surface area contributed by atoms with E-state index in [2.05, 4.69) is 15.9 Å². The molecule has 1 saturated carbocycles. The standard InChI is InChI=1S/C17H16BrFO2/c18-13-7-4-8-14(19)16(13)17(20)10-9-15(17)21-11-12-5-2-1-3-6-12/h1-8,15,20H,9-11H2. The first-order valence-electron chi connectivity index (χ1n) is 6.93. The average molecular weight is 351 g/mol. The molecule has 4 heteroatoms. The molecule has 3 rings (SSSR count). The molecule has 2 atom stereocenters. The molecular weight excluding hydrogens is 335 g/mol. The molecule has 21 heavy (non-hydrogen) atoms. The molecule has 0 amide bonds. The smallest absolute Gasteiger partial charge is 0.130 e. The van der Waals surface area contributed by atoms with Gasteiger partial charge in [0.05, 0.1) is 12.7 Å². The quantitative estimate of drug-likeness (QED) is 0.897. The lowest BCUT2D eigenvalue weighted by atomic mass is 9.72. The highest BCUT2D eigenvalue weighted by molar-refractivity contribution is 9.10. The van der Waals surface area contributed by atoms with Gasteiger partial charge in [-0.1, -0.05) is 52.3 Å². The van der Waals surface area contributed by atoms with Crippen LogP contribution in [-0.2, 0) is 16.9 Å². The van der Waals surface area contributed by atoms with Gasteiger partial charge in [-0.05, 0) is 30.5 Å². The molecule has 0 bridgehead atoms. The Morgan fingerprint density at radius 1 is 1.19 bits per heavy atom. The van der Waals surface area contributed by atoms with Crippen molar-refractivity contribution in [3.8, 4) is 0 Å². The molecule has 2 nitrogen and oxygen atoms in total. The topological polar surface area (TPSA) is 29.5 Å². The number of hydrogen-bond donors (Lipinski definition) is 1. The zero-order chi connectivity index (χ0) is 14.9. The second kappa shape index (κ2) is 5.87. The Labute approximate surface area is 131 Å². The van der Waals surface area contributed by atoms with Gasteiger partial charge in [-0.15, -0.1) is 0 Å². The summed E-state index contributed by atoms with van der Waals surface area (Å²) in [4.78, 5) is 0. The largest absolute Gasteiger partial charge is 0.382 e. The van der Waals surface area contributed by atoms with Crippen molar-refractivity contribution in [3.63, 3.8) is 0 Å². The molecule has 0 heterocycles. The fraction of sp³-hybridized carbons (Fsp3) is 0.294. The Bertz CT molecular complexity index is 612. The first kappa shape index (κ1) is 14.7. The third-order valence-corrected chi connectivity index (χ3v) is 4.67. The summed E-state index contributed by atoms with van der Waals surface area (Å²) in [6.45, 7) is 0.417. The Balaban J connectivity index is 1.76. The summed E-state index contributed by atoms with van der Waals surface area (Å²) in [5, 5.41) is 10.8. The van der Waals surface area contributed by atoms with Gasteiger partial charge >= 0.3 is 0 Å². The van der Waals surface area contributed by atoms with Gasteiger partial charge in [0.1, 0.15) is 11.4 Å². The van der Waals surface area contributed by atoms with Crippen molar-refractivity contribution in [1.29, 1.82) is 0 Å². The molecule has 0 saturated heterocycles. The molecule has 1 fully saturated rings. The summed E-state index contributed by atoms with van der Waals surface area (Å²) in [6.07, 6.45) is 0.849. The van der Waals surface area contributed by atoms with Crippen LogP contribution in [0, 0.1) is 5.82 Å². The zero-order valence-electron chi connectivity index (χ0n) is 11.4. The molecule has 110 valence electrons. The van der Waals surface area contributed by atoms with Crippen LogP contribution in [0.2, 0.25) is 0 Å². The second-order valence-corrected chi connectivity index (χ2v) is 6.20. The minimum atomic E-state index is -1.25. The van der Waals surface area contributed by atoms with Gasteiger partial charge in [0.15, 0.2) is 0 Å². The maximum Gasteiger partial charge on any atom is 0.130 e. The van der Waals surface area contributed by atoms with Crippen LogP contribution in [0.3, 0.4) is 0 Å². The first-order valence-corrected chi connectivity index (χ1v) is 7.73. The zero-order valence-corrected chi connectivity index (χ0v) is 13.0. The SMILES string of the molecule is OC1(c2c(F)cccc2Br)CCC1OCc1ccccc1.